The molecule has 19 heavy (non-hydrogen) atoms. The molecular weight excluding hydrogens is 240 g/mol. The first-order valence-electron chi connectivity index (χ1n) is 6.25. The summed E-state index contributed by atoms with van der Waals surface area (Å²) in [5.41, 5.74) is 1.65. The largest absolute Gasteiger partial charge is 0.481 e. The van der Waals surface area contributed by atoms with Crippen molar-refractivity contribution in [1.82, 2.24) is 0 Å². The molecule has 0 fully saturated rings. The molecule has 0 aliphatic heterocycles. The monoisotopic (exact) mass is 260 g/mol. The first-order chi connectivity index (χ1) is 8.76. The molecule has 1 N–H and O–H groups in total. The van der Waals surface area contributed by atoms with Gasteiger partial charge in [-0.2, -0.15) is 0 Å². The van der Waals surface area contributed by atoms with Gasteiger partial charge in [-0.15, -0.1) is 0 Å². The summed E-state index contributed by atoms with van der Waals surface area (Å²) in [7, 11) is 0. The van der Waals surface area contributed by atoms with Gasteiger partial charge in [0.25, 0.3) is 0 Å². The van der Waals surface area contributed by atoms with Gasteiger partial charge >= 0.3 is 5.97 Å². The fourth-order valence-corrected chi connectivity index (χ4v) is 1.65. The van der Waals surface area contributed by atoms with Gasteiger partial charge in [-0.1, -0.05) is 35.9 Å². The van der Waals surface area contributed by atoms with Gasteiger partial charge in [0.15, 0.2) is 5.78 Å². The molecule has 0 spiro atoms. The van der Waals surface area contributed by atoms with E-state index in [1.165, 1.54) is 13.8 Å². The number of carboxylic acid groups (broad SMARTS) is 1. The van der Waals surface area contributed by atoms with Gasteiger partial charge in [-0.25, -0.2) is 0 Å². The average molecular weight is 260 g/mol. The van der Waals surface area contributed by atoms with Crippen LogP contribution in [0.2, 0.25) is 0 Å². The van der Waals surface area contributed by atoms with Crippen LogP contribution in [0.3, 0.4) is 0 Å². The number of carboxylic acids is 1. The van der Waals surface area contributed by atoms with E-state index in [1.807, 2.05) is 44.2 Å². The predicted octanol–water partition coefficient (Wildman–Crippen LogP) is 3.55. The molecule has 0 saturated carbocycles. The van der Waals surface area contributed by atoms with Crippen molar-refractivity contribution in [1.29, 1.82) is 0 Å². The fourth-order valence-electron chi connectivity index (χ4n) is 1.65. The lowest BCUT2D eigenvalue weighted by Crippen LogP contribution is -2.33. The third-order valence-electron chi connectivity index (χ3n) is 3.50. The maximum atomic E-state index is 12.0. The lowest BCUT2D eigenvalue weighted by molar-refractivity contribution is -0.152. The Labute approximate surface area is 114 Å². The number of hydrogen-bond donors (Lipinski definition) is 1. The summed E-state index contributed by atoms with van der Waals surface area (Å²) in [6.45, 7) is 6.72. The highest BCUT2D eigenvalue weighted by molar-refractivity contribution is 6.03. The van der Waals surface area contributed by atoms with Crippen LogP contribution in [0.4, 0.5) is 0 Å². The Hall–Kier alpha value is -1.90. The van der Waals surface area contributed by atoms with Gasteiger partial charge in [-0.05, 0) is 38.8 Å². The summed E-state index contributed by atoms with van der Waals surface area (Å²) in [6, 6.07) is 9.77. The first kappa shape index (κ1) is 15.2. The van der Waals surface area contributed by atoms with E-state index < -0.39 is 11.4 Å². The fraction of sp³-hybridized carbons (Fsp3) is 0.375. The summed E-state index contributed by atoms with van der Waals surface area (Å²) in [5, 5.41) is 9.04. The minimum Gasteiger partial charge on any atom is -0.481 e. The van der Waals surface area contributed by atoms with Gasteiger partial charge in [0.05, 0.1) is 0 Å². The molecule has 102 valence electrons. The van der Waals surface area contributed by atoms with Crippen LogP contribution in [0.1, 0.15) is 39.7 Å². The first-order valence-corrected chi connectivity index (χ1v) is 6.25. The molecule has 1 aromatic rings. The van der Waals surface area contributed by atoms with E-state index in [2.05, 4.69) is 0 Å². The van der Waals surface area contributed by atoms with Gasteiger partial charge in [-0.3, -0.25) is 9.59 Å². The zero-order chi connectivity index (χ0) is 14.6. The quantitative estimate of drug-likeness (QED) is 0.824. The van der Waals surface area contributed by atoms with Crippen LogP contribution in [0.25, 0.3) is 5.57 Å². The van der Waals surface area contributed by atoms with E-state index in [1.54, 1.807) is 0 Å². The Morgan fingerprint density at radius 1 is 1.11 bits per heavy atom. The third kappa shape index (κ3) is 3.53. The third-order valence-corrected chi connectivity index (χ3v) is 3.50. The van der Waals surface area contributed by atoms with Gasteiger partial charge in [0.2, 0.25) is 0 Å². The SMILES string of the molecule is C/C(CC(=O)C(C)(C)C(=O)O)=C(/C)c1ccccc1. The number of benzene rings is 1. The Bertz CT molecular complexity index is 510. The van der Waals surface area contributed by atoms with Crippen LogP contribution in [-0.2, 0) is 9.59 Å². The second-order valence-electron chi connectivity index (χ2n) is 5.30. The summed E-state index contributed by atoms with van der Waals surface area (Å²) < 4.78 is 0. The summed E-state index contributed by atoms with van der Waals surface area (Å²) in [5.74, 6) is -1.35. The number of Topliss-reactive ketones (excluding diaryl/α,β-unsaturated/α-hetero) is 1. The summed E-state index contributed by atoms with van der Waals surface area (Å²) in [6.07, 6.45) is 0.167. The van der Waals surface area contributed by atoms with Crippen LogP contribution in [0, 0.1) is 5.41 Å². The van der Waals surface area contributed by atoms with Crippen molar-refractivity contribution in [3.8, 4) is 0 Å². The zero-order valence-corrected chi connectivity index (χ0v) is 11.9. The molecule has 0 atom stereocenters. The minimum atomic E-state index is -1.34. The number of ketones is 1. The van der Waals surface area contributed by atoms with Gasteiger partial charge < -0.3 is 5.11 Å². The average Bonchev–Trinajstić information content (AvgIpc) is 2.38. The Balaban J connectivity index is 2.94. The lowest BCUT2D eigenvalue weighted by atomic mass is 9.84. The van der Waals surface area contributed by atoms with Crippen LogP contribution >= 0.6 is 0 Å². The summed E-state index contributed by atoms with van der Waals surface area (Å²) in [4.78, 5) is 23.1. The molecule has 0 bridgehead atoms. The molecule has 0 amide bonds. The molecule has 0 aliphatic carbocycles. The number of allylic oxidation sites excluding steroid dienone is 2. The van der Waals surface area contributed by atoms with E-state index in [4.69, 9.17) is 5.11 Å². The molecule has 0 aliphatic rings. The number of carbonyl (C=O) groups excluding carboxylic acids is 1. The molecule has 0 unspecified atom stereocenters. The van der Waals surface area contributed by atoms with E-state index in [-0.39, 0.29) is 12.2 Å². The molecule has 0 saturated heterocycles. The second kappa shape index (κ2) is 5.83. The van der Waals surface area contributed by atoms with E-state index >= 15 is 0 Å². The molecule has 0 heterocycles. The van der Waals surface area contributed by atoms with Crippen molar-refractivity contribution in [3.63, 3.8) is 0 Å². The smallest absolute Gasteiger partial charge is 0.316 e. The highest BCUT2D eigenvalue weighted by atomic mass is 16.4. The Morgan fingerprint density at radius 2 is 1.63 bits per heavy atom. The zero-order valence-electron chi connectivity index (χ0n) is 11.9. The van der Waals surface area contributed by atoms with Crippen LogP contribution in [0.5, 0.6) is 0 Å². The number of rotatable bonds is 5. The van der Waals surface area contributed by atoms with E-state index in [0.717, 1.165) is 16.7 Å². The molecule has 3 heteroatoms. The number of carbonyl (C=O) groups is 2. The molecule has 1 aromatic carbocycles. The van der Waals surface area contributed by atoms with Crippen molar-refractivity contribution < 1.29 is 14.7 Å². The molecule has 0 radical (unpaired) electrons. The van der Waals surface area contributed by atoms with Crippen LogP contribution < -0.4 is 0 Å². The van der Waals surface area contributed by atoms with Crippen molar-refractivity contribution >= 4 is 17.3 Å². The van der Waals surface area contributed by atoms with Crippen molar-refractivity contribution in [2.45, 2.75) is 34.1 Å². The summed E-state index contributed by atoms with van der Waals surface area (Å²) >= 11 is 0. The molecular formula is C16H20O3. The van der Waals surface area contributed by atoms with Gasteiger partial charge in [0, 0.05) is 6.42 Å². The van der Waals surface area contributed by atoms with Crippen molar-refractivity contribution in [2.24, 2.45) is 5.41 Å². The minimum absolute atomic E-state index is 0.167. The van der Waals surface area contributed by atoms with Crippen LogP contribution in [-0.4, -0.2) is 16.9 Å². The van der Waals surface area contributed by atoms with Crippen molar-refractivity contribution in [2.75, 3.05) is 0 Å². The topological polar surface area (TPSA) is 54.4 Å². The lowest BCUT2D eigenvalue weighted by Gasteiger charge is -2.18. The van der Waals surface area contributed by atoms with Crippen LogP contribution in [0.15, 0.2) is 35.9 Å². The van der Waals surface area contributed by atoms with Gasteiger partial charge in [0.1, 0.15) is 5.41 Å². The number of hydrogen-bond acceptors (Lipinski definition) is 2. The molecule has 1 rings (SSSR count). The maximum Gasteiger partial charge on any atom is 0.316 e. The molecule has 0 aromatic heterocycles. The van der Waals surface area contributed by atoms with E-state index in [0.29, 0.717) is 0 Å². The van der Waals surface area contributed by atoms with E-state index in [9.17, 15) is 9.59 Å². The number of aliphatic carboxylic acids is 1. The standard InChI is InChI=1S/C16H20O3/c1-11(10-14(17)16(3,4)15(18)19)12(2)13-8-6-5-7-9-13/h5-9H,10H2,1-4H3,(H,18,19)/b12-11+. The predicted molar refractivity (Wildman–Crippen MR) is 75.8 cm³/mol. The Morgan fingerprint density at radius 3 is 2.11 bits per heavy atom. The Kier molecular flexibility index (Phi) is 4.65. The molecule has 3 nitrogen and oxygen atoms in total. The normalized spacial score (nSPS) is 12.8. The highest BCUT2D eigenvalue weighted by Gasteiger charge is 2.35. The highest BCUT2D eigenvalue weighted by Crippen LogP contribution is 2.25. The maximum absolute atomic E-state index is 12.0. The second-order valence-corrected chi connectivity index (χ2v) is 5.30. The van der Waals surface area contributed by atoms with Crippen molar-refractivity contribution in [3.05, 3.63) is 41.5 Å².